The number of alkyl halides is 2. The fraction of sp³-hybridized carbons (Fsp3) is 0.625. The normalized spacial score (nSPS) is 24.6. The number of pyridine rings is 1. The highest BCUT2D eigenvalue weighted by atomic mass is 19.3. The predicted molar refractivity (Wildman–Crippen MR) is 83.5 cm³/mol. The minimum atomic E-state index is -2.77. The number of nitrogens with one attached hydrogen (secondary N) is 2. The zero-order valence-electron chi connectivity index (χ0n) is 13.0. The van der Waals surface area contributed by atoms with Gasteiger partial charge < -0.3 is 10.2 Å². The van der Waals surface area contributed by atoms with Gasteiger partial charge in [0.05, 0.1) is 12.6 Å². The van der Waals surface area contributed by atoms with E-state index < -0.39 is 24.9 Å². The summed E-state index contributed by atoms with van der Waals surface area (Å²) in [5.74, 6) is -2.67. The maximum Gasteiger partial charge on any atom is 0.262 e. The highest BCUT2D eigenvalue weighted by molar-refractivity contribution is 5.82. The van der Waals surface area contributed by atoms with Crippen molar-refractivity contribution in [1.82, 2.24) is 15.6 Å². The zero-order valence-corrected chi connectivity index (χ0v) is 13.0. The number of carbonyl (C=O) groups is 1. The van der Waals surface area contributed by atoms with Gasteiger partial charge in [-0.2, -0.15) is 0 Å². The Kier molecular flexibility index (Phi) is 4.75. The van der Waals surface area contributed by atoms with E-state index in [1.165, 1.54) is 5.69 Å². The molecule has 0 radical (unpaired) electrons. The third-order valence-corrected chi connectivity index (χ3v) is 4.63. The van der Waals surface area contributed by atoms with Crippen molar-refractivity contribution < 1.29 is 13.6 Å². The van der Waals surface area contributed by atoms with E-state index >= 15 is 0 Å². The van der Waals surface area contributed by atoms with Crippen LogP contribution in [0, 0.1) is 5.92 Å². The zero-order chi connectivity index (χ0) is 16.3. The van der Waals surface area contributed by atoms with E-state index in [9.17, 15) is 13.6 Å². The molecule has 2 N–H and O–H groups in total. The number of rotatable bonds is 4. The molecule has 2 aliphatic rings. The van der Waals surface area contributed by atoms with E-state index in [-0.39, 0.29) is 5.91 Å². The molecule has 3 heterocycles. The molecule has 0 aromatic carbocycles. The van der Waals surface area contributed by atoms with E-state index in [1.807, 2.05) is 12.1 Å². The average Bonchev–Trinajstić information content (AvgIpc) is 2.94. The van der Waals surface area contributed by atoms with Gasteiger partial charge in [-0.1, -0.05) is 0 Å². The van der Waals surface area contributed by atoms with Crippen LogP contribution in [0.25, 0.3) is 0 Å². The fourth-order valence-electron chi connectivity index (χ4n) is 3.22. The average molecular weight is 324 g/mol. The molecule has 2 saturated heterocycles. The number of hydrogen-bond acceptors (Lipinski definition) is 4. The van der Waals surface area contributed by atoms with Crippen molar-refractivity contribution in [1.29, 1.82) is 0 Å². The van der Waals surface area contributed by atoms with Crippen LogP contribution in [-0.4, -0.2) is 49.0 Å². The Morgan fingerprint density at radius 3 is 2.65 bits per heavy atom. The summed E-state index contributed by atoms with van der Waals surface area (Å²) in [5, 5.41) is 5.41. The maximum absolute atomic E-state index is 13.1. The van der Waals surface area contributed by atoms with E-state index in [0.717, 1.165) is 25.9 Å². The third kappa shape index (κ3) is 4.16. The minimum absolute atomic E-state index is 0.307. The van der Waals surface area contributed by atoms with Crippen LogP contribution in [-0.2, 0) is 4.79 Å². The molecule has 0 bridgehead atoms. The lowest BCUT2D eigenvalue weighted by atomic mass is 9.96. The number of piperidine rings is 1. The molecule has 5 nitrogen and oxygen atoms in total. The summed E-state index contributed by atoms with van der Waals surface area (Å²) in [7, 11) is 0. The molecule has 1 aromatic heterocycles. The molecule has 1 aromatic rings. The SMILES string of the molecule is O=C(NCC1CCN(c2ccncc2)CC1)C1CC(F)(F)CN1. The van der Waals surface area contributed by atoms with Gasteiger partial charge in [-0.3, -0.25) is 15.1 Å². The summed E-state index contributed by atoms with van der Waals surface area (Å²) >= 11 is 0. The van der Waals surface area contributed by atoms with Crippen molar-refractivity contribution in [3.05, 3.63) is 24.5 Å². The summed E-state index contributed by atoms with van der Waals surface area (Å²) in [6.07, 6.45) is 5.13. The maximum atomic E-state index is 13.1. The van der Waals surface area contributed by atoms with E-state index in [1.54, 1.807) is 12.4 Å². The third-order valence-electron chi connectivity index (χ3n) is 4.63. The van der Waals surface area contributed by atoms with Gasteiger partial charge in [-0.15, -0.1) is 0 Å². The summed E-state index contributed by atoms with van der Waals surface area (Å²) in [6.45, 7) is 2.02. The molecule has 7 heteroatoms. The molecule has 1 atom stereocenters. The van der Waals surface area contributed by atoms with Crippen LogP contribution in [0.3, 0.4) is 0 Å². The monoisotopic (exact) mass is 324 g/mol. The van der Waals surface area contributed by atoms with Crippen LogP contribution >= 0.6 is 0 Å². The van der Waals surface area contributed by atoms with E-state index in [2.05, 4.69) is 20.5 Å². The van der Waals surface area contributed by atoms with Gasteiger partial charge in [0.25, 0.3) is 5.92 Å². The Bertz CT molecular complexity index is 532. The van der Waals surface area contributed by atoms with Gasteiger partial charge in [0.15, 0.2) is 0 Å². The van der Waals surface area contributed by atoms with Crippen molar-refractivity contribution in [2.75, 3.05) is 31.1 Å². The van der Waals surface area contributed by atoms with E-state index in [4.69, 9.17) is 0 Å². The van der Waals surface area contributed by atoms with Gasteiger partial charge in [-0.05, 0) is 30.9 Å². The van der Waals surface area contributed by atoms with Crippen molar-refractivity contribution in [3.63, 3.8) is 0 Å². The van der Waals surface area contributed by atoms with Crippen LogP contribution < -0.4 is 15.5 Å². The number of aromatic nitrogens is 1. The first-order valence-electron chi connectivity index (χ1n) is 8.07. The molecule has 126 valence electrons. The van der Waals surface area contributed by atoms with Gasteiger partial charge in [0.2, 0.25) is 5.91 Å². The molecule has 0 spiro atoms. The summed E-state index contributed by atoms with van der Waals surface area (Å²) < 4.78 is 26.2. The highest BCUT2D eigenvalue weighted by Gasteiger charge is 2.42. The minimum Gasteiger partial charge on any atom is -0.371 e. The molecule has 1 amide bonds. The molecular formula is C16H22F2N4O. The lowest BCUT2D eigenvalue weighted by Gasteiger charge is -2.33. The second kappa shape index (κ2) is 6.78. The van der Waals surface area contributed by atoms with Crippen molar-refractivity contribution in [2.45, 2.75) is 31.2 Å². The van der Waals surface area contributed by atoms with Crippen LogP contribution in [0.15, 0.2) is 24.5 Å². The van der Waals surface area contributed by atoms with Gasteiger partial charge in [0, 0.05) is 44.1 Å². The second-order valence-electron chi connectivity index (χ2n) is 6.37. The molecule has 0 aliphatic carbocycles. The standard InChI is InChI=1S/C16H22F2N4O/c17-16(18)9-14(21-11-16)15(23)20-10-12-3-7-22(8-4-12)13-1-5-19-6-2-13/h1-2,5-6,12,14,21H,3-4,7-11H2,(H,20,23). The van der Waals surface area contributed by atoms with Crippen LogP contribution in [0.5, 0.6) is 0 Å². The van der Waals surface area contributed by atoms with E-state index in [0.29, 0.717) is 12.5 Å². The van der Waals surface area contributed by atoms with Crippen molar-refractivity contribution >= 4 is 11.6 Å². The molecule has 3 rings (SSSR count). The topological polar surface area (TPSA) is 57.3 Å². The van der Waals surface area contributed by atoms with Gasteiger partial charge in [0.1, 0.15) is 0 Å². The largest absolute Gasteiger partial charge is 0.371 e. The summed E-state index contributed by atoms with van der Waals surface area (Å²) in [5.41, 5.74) is 1.17. The number of carbonyl (C=O) groups excluding carboxylic acids is 1. The van der Waals surface area contributed by atoms with Crippen molar-refractivity contribution in [2.24, 2.45) is 5.92 Å². The Hall–Kier alpha value is -1.76. The van der Waals surface area contributed by atoms with Gasteiger partial charge in [-0.25, -0.2) is 8.78 Å². The Morgan fingerprint density at radius 2 is 2.04 bits per heavy atom. The highest BCUT2D eigenvalue weighted by Crippen LogP contribution is 2.25. The summed E-state index contributed by atoms with van der Waals surface area (Å²) in [6, 6.07) is 3.23. The lowest BCUT2D eigenvalue weighted by molar-refractivity contribution is -0.123. The smallest absolute Gasteiger partial charge is 0.262 e. The molecule has 23 heavy (non-hydrogen) atoms. The van der Waals surface area contributed by atoms with Crippen LogP contribution in [0.2, 0.25) is 0 Å². The molecular weight excluding hydrogens is 302 g/mol. The predicted octanol–water partition coefficient (Wildman–Crippen LogP) is 1.41. The number of halogens is 2. The fourth-order valence-corrected chi connectivity index (χ4v) is 3.22. The number of anilines is 1. The van der Waals surface area contributed by atoms with Gasteiger partial charge >= 0.3 is 0 Å². The molecule has 2 fully saturated rings. The molecule has 2 aliphatic heterocycles. The van der Waals surface area contributed by atoms with Crippen molar-refractivity contribution in [3.8, 4) is 0 Å². The van der Waals surface area contributed by atoms with Crippen LogP contribution in [0.4, 0.5) is 14.5 Å². The Balaban J connectivity index is 1.40. The lowest BCUT2D eigenvalue weighted by Crippen LogP contribution is -2.44. The second-order valence-corrected chi connectivity index (χ2v) is 6.37. The number of amides is 1. The number of hydrogen-bond donors (Lipinski definition) is 2. The quantitative estimate of drug-likeness (QED) is 0.879. The first-order chi connectivity index (χ1) is 11.0. The molecule has 0 saturated carbocycles. The van der Waals surface area contributed by atoms with Crippen LogP contribution in [0.1, 0.15) is 19.3 Å². The Labute approximate surface area is 134 Å². The first-order valence-corrected chi connectivity index (χ1v) is 8.07. The molecule has 1 unspecified atom stereocenters. The Morgan fingerprint density at radius 1 is 1.35 bits per heavy atom. The summed E-state index contributed by atoms with van der Waals surface area (Å²) in [4.78, 5) is 18.3. The first kappa shape index (κ1) is 16.1. The number of nitrogens with zero attached hydrogens (tertiary/aromatic N) is 2.